The summed E-state index contributed by atoms with van der Waals surface area (Å²) in [5.74, 6) is 5.70. The van der Waals surface area contributed by atoms with Gasteiger partial charge in [-0.3, -0.25) is 0 Å². The molecule has 5 aromatic heterocycles. The fourth-order valence-electron chi connectivity index (χ4n) is 10.3. The number of aromatic nitrogens is 3. The molecule has 3 atom stereocenters. The van der Waals surface area contributed by atoms with Crippen molar-refractivity contribution in [2.75, 3.05) is 11.5 Å². The molecule has 5 heterocycles. The molecule has 0 bridgehead atoms. The van der Waals surface area contributed by atoms with Crippen LogP contribution in [0.5, 0.6) is 0 Å². The SMILES string of the molecule is CCCCCCC(CCCC)CSc1c2cc(-c3ccc(-c4cc(F)c(-c5ccco5)c5nn(CC(CCCC)CCCCCC)nc45)o3)sc2c(SCC(CCCC)CCCCCC)c2ccsc12. The van der Waals surface area contributed by atoms with Crippen LogP contribution in [-0.4, -0.2) is 26.5 Å². The smallest absolute Gasteiger partial charge is 0.144 e. The van der Waals surface area contributed by atoms with Crippen molar-refractivity contribution in [3.8, 4) is 33.3 Å². The van der Waals surface area contributed by atoms with Crippen LogP contribution >= 0.6 is 46.2 Å². The van der Waals surface area contributed by atoms with Crippen molar-refractivity contribution in [2.24, 2.45) is 17.8 Å². The van der Waals surface area contributed by atoms with Crippen molar-refractivity contribution in [3.63, 3.8) is 0 Å². The van der Waals surface area contributed by atoms with E-state index in [1.54, 1.807) is 18.4 Å². The van der Waals surface area contributed by atoms with E-state index in [4.69, 9.17) is 19.0 Å². The van der Waals surface area contributed by atoms with Gasteiger partial charge in [0.15, 0.2) is 0 Å². The standard InChI is InChI=1S/C60H84FN3O2S4/c1-7-13-19-22-29-43(26-16-10-4)40-64-62-55-47(38-49(61)54(56(55)63-64)52-32-25-36-65-52)50-33-34-51(66-50)53-39-48-59(69-42-45(28-18-12-6)31-24-21-15-9-3)57-46(35-37-67-57)58(60(48)70-53)68-41-44(27-17-11-5)30-23-20-14-8-2/h25,32-39,43-45H,7-24,26-31,40-42H2,1-6H3. The van der Waals surface area contributed by atoms with Gasteiger partial charge in [0.2, 0.25) is 0 Å². The van der Waals surface area contributed by atoms with Crippen LogP contribution in [0, 0.1) is 23.6 Å². The first-order valence-corrected chi connectivity index (χ1v) is 31.5. The molecule has 7 aromatic rings. The molecule has 0 aliphatic heterocycles. The van der Waals surface area contributed by atoms with Crippen LogP contribution in [0.3, 0.4) is 0 Å². The third kappa shape index (κ3) is 14.6. The van der Waals surface area contributed by atoms with Crippen LogP contribution in [0.4, 0.5) is 4.39 Å². The Labute approximate surface area is 437 Å². The third-order valence-electron chi connectivity index (χ3n) is 14.5. The number of furan rings is 2. The molecular formula is C60H84FN3O2S4. The van der Waals surface area contributed by atoms with Crippen molar-refractivity contribution in [2.45, 2.75) is 212 Å². The van der Waals surface area contributed by atoms with Gasteiger partial charge in [0.05, 0.1) is 33.5 Å². The Morgan fingerprint density at radius 3 is 1.73 bits per heavy atom. The average molecular weight is 1030 g/mol. The van der Waals surface area contributed by atoms with Gasteiger partial charge in [0.25, 0.3) is 0 Å². The molecule has 7 rings (SSSR count). The van der Waals surface area contributed by atoms with Gasteiger partial charge in [-0.15, -0.1) is 46.2 Å². The molecule has 5 nitrogen and oxygen atoms in total. The number of rotatable bonds is 35. The second kappa shape index (κ2) is 29.0. The maximum atomic E-state index is 16.6. The van der Waals surface area contributed by atoms with E-state index in [9.17, 15) is 0 Å². The predicted octanol–water partition coefficient (Wildman–Crippen LogP) is 21.7. The number of nitrogens with zero attached hydrogens (tertiary/aromatic N) is 3. The Hall–Kier alpha value is -3.05. The minimum atomic E-state index is -0.389. The second-order valence-electron chi connectivity index (χ2n) is 20.2. The topological polar surface area (TPSA) is 57.0 Å². The lowest BCUT2D eigenvalue weighted by molar-refractivity contribution is 0.330. The Kier molecular flexibility index (Phi) is 22.7. The Balaban J connectivity index is 1.27. The Bertz CT molecular complexity index is 2510. The van der Waals surface area contributed by atoms with Crippen LogP contribution in [0.1, 0.15) is 196 Å². The summed E-state index contributed by atoms with van der Waals surface area (Å²) in [5, 5.41) is 15.3. The molecule has 0 spiro atoms. The van der Waals surface area contributed by atoms with Gasteiger partial charge in [-0.1, -0.05) is 157 Å². The van der Waals surface area contributed by atoms with Gasteiger partial charge in [-0.05, 0) is 104 Å². The molecule has 382 valence electrons. The highest BCUT2D eigenvalue weighted by molar-refractivity contribution is 8.00. The number of benzene rings is 2. The first-order chi connectivity index (χ1) is 34.4. The lowest BCUT2D eigenvalue weighted by atomic mass is 9.95. The van der Waals surface area contributed by atoms with Crippen molar-refractivity contribution >= 4 is 77.4 Å². The zero-order valence-corrected chi connectivity index (χ0v) is 47.0. The summed E-state index contributed by atoms with van der Waals surface area (Å²) in [5.41, 5.74) is 2.13. The van der Waals surface area contributed by atoms with E-state index in [2.05, 4.69) is 88.6 Å². The van der Waals surface area contributed by atoms with Gasteiger partial charge >= 0.3 is 0 Å². The van der Waals surface area contributed by atoms with E-state index in [0.29, 0.717) is 46.1 Å². The predicted molar refractivity (Wildman–Crippen MR) is 306 cm³/mol. The summed E-state index contributed by atoms with van der Waals surface area (Å²) in [6.07, 6.45) is 32.1. The molecule has 0 aliphatic rings. The molecule has 0 fully saturated rings. The van der Waals surface area contributed by atoms with Crippen LogP contribution < -0.4 is 0 Å². The van der Waals surface area contributed by atoms with Gasteiger partial charge in [0, 0.05) is 36.8 Å². The highest BCUT2D eigenvalue weighted by atomic mass is 32.2. The summed E-state index contributed by atoms with van der Waals surface area (Å²) in [6.45, 7) is 14.5. The van der Waals surface area contributed by atoms with E-state index in [0.717, 1.165) is 53.2 Å². The summed E-state index contributed by atoms with van der Waals surface area (Å²) in [6, 6.07) is 14.1. The number of hydrogen-bond donors (Lipinski definition) is 0. The lowest BCUT2D eigenvalue weighted by Crippen LogP contribution is -2.13. The summed E-state index contributed by atoms with van der Waals surface area (Å²) >= 11 is 8.00. The fraction of sp³-hybridized carbons (Fsp3) is 0.600. The molecule has 0 radical (unpaired) electrons. The molecule has 0 aliphatic carbocycles. The van der Waals surface area contributed by atoms with Gasteiger partial charge in [0.1, 0.15) is 34.1 Å². The van der Waals surface area contributed by atoms with E-state index in [1.165, 1.54) is 165 Å². The summed E-state index contributed by atoms with van der Waals surface area (Å²) in [7, 11) is 0. The van der Waals surface area contributed by atoms with Crippen molar-refractivity contribution in [1.29, 1.82) is 0 Å². The van der Waals surface area contributed by atoms with Gasteiger partial charge in [-0.2, -0.15) is 15.0 Å². The largest absolute Gasteiger partial charge is 0.464 e. The van der Waals surface area contributed by atoms with Crippen molar-refractivity contribution in [3.05, 3.63) is 59.9 Å². The lowest BCUT2D eigenvalue weighted by Gasteiger charge is -2.19. The zero-order valence-electron chi connectivity index (χ0n) is 43.7. The minimum Gasteiger partial charge on any atom is -0.464 e. The molecule has 0 saturated carbocycles. The minimum absolute atomic E-state index is 0.352. The van der Waals surface area contributed by atoms with Crippen LogP contribution in [0.15, 0.2) is 72.7 Å². The number of thioether (sulfide) groups is 2. The van der Waals surface area contributed by atoms with Crippen LogP contribution in [-0.2, 0) is 6.54 Å². The van der Waals surface area contributed by atoms with Gasteiger partial charge in [-0.25, -0.2) is 4.39 Å². The van der Waals surface area contributed by atoms with E-state index >= 15 is 4.39 Å². The quantitative estimate of drug-likeness (QED) is 0.0292. The van der Waals surface area contributed by atoms with E-state index in [1.807, 2.05) is 39.6 Å². The number of unbranched alkanes of at least 4 members (excludes halogenated alkanes) is 12. The van der Waals surface area contributed by atoms with Crippen molar-refractivity contribution in [1.82, 2.24) is 15.0 Å². The number of halogens is 1. The van der Waals surface area contributed by atoms with E-state index in [-0.39, 0.29) is 5.82 Å². The monoisotopic (exact) mass is 1030 g/mol. The average Bonchev–Trinajstić information content (AvgIpc) is 4.24. The zero-order chi connectivity index (χ0) is 49.1. The molecule has 10 heteroatoms. The van der Waals surface area contributed by atoms with Crippen LogP contribution in [0.25, 0.3) is 64.5 Å². The second-order valence-corrected chi connectivity index (χ2v) is 24.3. The third-order valence-corrected chi connectivity index (χ3v) is 19.5. The van der Waals surface area contributed by atoms with Crippen molar-refractivity contribution < 1.29 is 13.2 Å². The van der Waals surface area contributed by atoms with Crippen LogP contribution in [0.2, 0.25) is 0 Å². The molecule has 0 saturated heterocycles. The molecule has 3 unspecified atom stereocenters. The Morgan fingerprint density at radius 2 is 1.13 bits per heavy atom. The molecular weight excluding hydrogens is 942 g/mol. The first kappa shape index (κ1) is 54.7. The fourth-order valence-corrected chi connectivity index (χ4v) is 15.6. The number of fused-ring (bicyclic) bond motifs is 3. The van der Waals surface area contributed by atoms with Gasteiger partial charge < -0.3 is 8.83 Å². The summed E-state index contributed by atoms with van der Waals surface area (Å²) in [4.78, 5) is 5.82. The maximum absolute atomic E-state index is 16.6. The summed E-state index contributed by atoms with van der Waals surface area (Å²) < 4.78 is 32.1. The number of thiophene rings is 2. The highest BCUT2D eigenvalue weighted by Crippen LogP contribution is 2.51. The van der Waals surface area contributed by atoms with E-state index < -0.39 is 0 Å². The molecule has 0 N–H and O–H groups in total. The molecule has 70 heavy (non-hydrogen) atoms. The first-order valence-electron chi connectivity index (χ1n) is 27.8. The highest BCUT2D eigenvalue weighted by Gasteiger charge is 2.26. The molecule has 2 aromatic carbocycles. The molecule has 0 amide bonds. The Morgan fingerprint density at radius 1 is 0.571 bits per heavy atom. The normalized spacial score (nSPS) is 13.4. The number of hydrogen-bond acceptors (Lipinski definition) is 8. The maximum Gasteiger partial charge on any atom is 0.144 e.